The van der Waals surface area contributed by atoms with Crippen LogP contribution in [0.2, 0.25) is 0 Å². The molecule has 0 aliphatic heterocycles. The van der Waals surface area contributed by atoms with Crippen molar-refractivity contribution in [1.82, 2.24) is 9.47 Å². The summed E-state index contributed by atoms with van der Waals surface area (Å²) in [6, 6.07) is 9.16. The lowest BCUT2D eigenvalue weighted by atomic mass is 10.0. The highest BCUT2D eigenvalue weighted by Gasteiger charge is 2.16. The maximum atomic E-state index is 5.69. The fraction of sp³-hybridized carbons (Fsp3) is 0.467. The van der Waals surface area contributed by atoms with Crippen LogP contribution in [0.15, 0.2) is 30.5 Å². The second-order valence-electron chi connectivity index (χ2n) is 4.80. The van der Waals surface area contributed by atoms with Crippen LogP contribution < -0.4 is 5.73 Å². The van der Waals surface area contributed by atoms with Crippen LogP contribution in [0.5, 0.6) is 0 Å². The highest BCUT2D eigenvalue weighted by molar-refractivity contribution is 5.84. The number of hydrogen-bond acceptors (Lipinski definition) is 2. The highest BCUT2D eigenvalue weighted by atomic mass is 15.1. The average molecular weight is 245 g/mol. The molecule has 0 saturated carbocycles. The number of aromatic nitrogens is 1. The Kier molecular flexibility index (Phi) is 4.04. The maximum absolute atomic E-state index is 5.69. The van der Waals surface area contributed by atoms with Crippen molar-refractivity contribution in [2.45, 2.75) is 19.9 Å². The Hall–Kier alpha value is -1.32. The van der Waals surface area contributed by atoms with Gasteiger partial charge < -0.3 is 10.3 Å². The topological polar surface area (TPSA) is 34.2 Å². The van der Waals surface area contributed by atoms with E-state index in [2.05, 4.69) is 60.8 Å². The number of nitrogens with zero attached hydrogens (tertiary/aromatic N) is 2. The number of likely N-dealkylation sites (N-methyl/N-ethyl adjacent to an activating group) is 1. The monoisotopic (exact) mass is 245 g/mol. The molecule has 0 aliphatic rings. The van der Waals surface area contributed by atoms with Crippen molar-refractivity contribution in [1.29, 1.82) is 0 Å². The van der Waals surface area contributed by atoms with Gasteiger partial charge in [-0.3, -0.25) is 4.90 Å². The molecule has 1 aromatic heterocycles. The summed E-state index contributed by atoms with van der Waals surface area (Å²) >= 11 is 0. The molecule has 1 heterocycles. The molecule has 2 rings (SSSR count). The molecule has 0 saturated heterocycles. The SMILES string of the molecule is CCN(CCN)C(C)c1cccc2c1ccn2C. The van der Waals surface area contributed by atoms with Crippen molar-refractivity contribution in [3.05, 3.63) is 36.0 Å². The molecular formula is C15H23N3. The predicted octanol–water partition coefficient (Wildman–Crippen LogP) is 2.52. The third kappa shape index (κ3) is 2.28. The Morgan fingerprint density at radius 2 is 2.11 bits per heavy atom. The molecule has 1 atom stereocenters. The molecule has 18 heavy (non-hydrogen) atoms. The zero-order chi connectivity index (χ0) is 13.1. The summed E-state index contributed by atoms with van der Waals surface area (Å²) in [5.74, 6) is 0. The number of hydrogen-bond donors (Lipinski definition) is 1. The summed E-state index contributed by atoms with van der Waals surface area (Å²) in [4.78, 5) is 2.42. The van der Waals surface area contributed by atoms with E-state index in [0.717, 1.165) is 13.1 Å². The number of nitrogens with two attached hydrogens (primary N) is 1. The van der Waals surface area contributed by atoms with Crippen LogP contribution in [0.4, 0.5) is 0 Å². The molecule has 2 aromatic rings. The molecule has 98 valence electrons. The average Bonchev–Trinajstić information content (AvgIpc) is 2.77. The number of aryl methyl sites for hydroxylation is 1. The Morgan fingerprint density at radius 3 is 2.78 bits per heavy atom. The summed E-state index contributed by atoms with van der Waals surface area (Å²) in [7, 11) is 2.09. The minimum Gasteiger partial charge on any atom is -0.351 e. The fourth-order valence-corrected chi connectivity index (χ4v) is 2.68. The zero-order valence-corrected chi connectivity index (χ0v) is 11.6. The molecule has 3 heteroatoms. The molecule has 0 radical (unpaired) electrons. The zero-order valence-electron chi connectivity index (χ0n) is 11.6. The minimum absolute atomic E-state index is 0.407. The van der Waals surface area contributed by atoms with Crippen LogP contribution in [0, 0.1) is 0 Å². The Bertz CT molecular complexity index is 515. The highest BCUT2D eigenvalue weighted by Crippen LogP contribution is 2.28. The van der Waals surface area contributed by atoms with Gasteiger partial charge in [0.15, 0.2) is 0 Å². The van der Waals surface area contributed by atoms with E-state index in [9.17, 15) is 0 Å². The molecular weight excluding hydrogens is 222 g/mol. The van der Waals surface area contributed by atoms with Crippen molar-refractivity contribution in [3.63, 3.8) is 0 Å². The minimum atomic E-state index is 0.407. The molecule has 1 aromatic carbocycles. The van der Waals surface area contributed by atoms with E-state index in [1.165, 1.54) is 16.5 Å². The number of rotatable bonds is 5. The molecule has 0 fully saturated rings. The number of fused-ring (bicyclic) bond motifs is 1. The maximum Gasteiger partial charge on any atom is 0.0481 e. The number of benzene rings is 1. The van der Waals surface area contributed by atoms with Crippen LogP contribution in [-0.4, -0.2) is 29.1 Å². The third-order valence-electron chi connectivity index (χ3n) is 3.78. The lowest BCUT2D eigenvalue weighted by Crippen LogP contribution is -2.31. The van der Waals surface area contributed by atoms with Gasteiger partial charge in [0.25, 0.3) is 0 Å². The lowest BCUT2D eigenvalue weighted by Gasteiger charge is -2.28. The van der Waals surface area contributed by atoms with Crippen LogP contribution in [-0.2, 0) is 7.05 Å². The van der Waals surface area contributed by atoms with Crippen LogP contribution in [0.25, 0.3) is 10.9 Å². The van der Waals surface area contributed by atoms with Crippen molar-refractivity contribution in [3.8, 4) is 0 Å². The van der Waals surface area contributed by atoms with Gasteiger partial charge in [0.1, 0.15) is 0 Å². The first-order valence-corrected chi connectivity index (χ1v) is 6.67. The fourth-order valence-electron chi connectivity index (χ4n) is 2.68. The first kappa shape index (κ1) is 13.1. The van der Waals surface area contributed by atoms with Crippen molar-refractivity contribution in [2.24, 2.45) is 12.8 Å². The molecule has 3 nitrogen and oxygen atoms in total. The van der Waals surface area contributed by atoms with Gasteiger partial charge in [0.2, 0.25) is 0 Å². The van der Waals surface area contributed by atoms with E-state index in [1.807, 2.05) is 0 Å². The quantitative estimate of drug-likeness (QED) is 0.878. The van der Waals surface area contributed by atoms with Gasteiger partial charge in [-0.2, -0.15) is 0 Å². The molecule has 0 aliphatic carbocycles. The predicted molar refractivity (Wildman–Crippen MR) is 77.6 cm³/mol. The van der Waals surface area contributed by atoms with Crippen LogP contribution >= 0.6 is 0 Å². The Morgan fingerprint density at radius 1 is 1.33 bits per heavy atom. The van der Waals surface area contributed by atoms with E-state index >= 15 is 0 Å². The standard InChI is InChI=1S/C15H23N3/c1-4-18(11-9-16)12(2)13-6-5-7-15-14(13)8-10-17(15)3/h5-8,10,12H,4,9,11,16H2,1-3H3. The van der Waals surface area contributed by atoms with Gasteiger partial charge in [-0.05, 0) is 31.2 Å². The first-order valence-electron chi connectivity index (χ1n) is 6.67. The second kappa shape index (κ2) is 5.55. The Balaban J connectivity index is 2.40. The molecule has 0 spiro atoms. The van der Waals surface area contributed by atoms with Crippen molar-refractivity contribution >= 4 is 10.9 Å². The van der Waals surface area contributed by atoms with Gasteiger partial charge >= 0.3 is 0 Å². The van der Waals surface area contributed by atoms with E-state index in [4.69, 9.17) is 5.73 Å². The molecule has 0 amide bonds. The van der Waals surface area contributed by atoms with E-state index < -0.39 is 0 Å². The molecule has 1 unspecified atom stereocenters. The Labute approximate surface area is 109 Å². The van der Waals surface area contributed by atoms with E-state index in [-0.39, 0.29) is 0 Å². The van der Waals surface area contributed by atoms with E-state index in [1.54, 1.807) is 0 Å². The lowest BCUT2D eigenvalue weighted by molar-refractivity contribution is 0.230. The van der Waals surface area contributed by atoms with Crippen LogP contribution in [0.1, 0.15) is 25.5 Å². The second-order valence-corrected chi connectivity index (χ2v) is 4.80. The van der Waals surface area contributed by atoms with Gasteiger partial charge in [0, 0.05) is 43.3 Å². The van der Waals surface area contributed by atoms with E-state index in [0.29, 0.717) is 12.6 Å². The molecule has 2 N–H and O–H groups in total. The van der Waals surface area contributed by atoms with Crippen LogP contribution in [0.3, 0.4) is 0 Å². The van der Waals surface area contributed by atoms with Gasteiger partial charge in [0.05, 0.1) is 0 Å². The smallest absolute Gasteiger partial charge is 0.0481 e. The molecule has 0 bridgehead atoms. The third-order valence-corrected chi connectivity index (χ3v) is 3.78. The largest absolute Gasteiger partial charge is 0.351 e. The summed E-state index contributed by atoms with van der Waals surface area (Å²) < 4.78 is 2.17. The van der Waals surface area contributed by atoms with Crippen molar-refractivity contribution in [2.75, 3.05) is 19.6 Å². The van der Waals surface area contributed by atoms with Gasteiger partial charge in [-0.15, -0.1) is 0 Å². The van der Waals surface area contributed by atoms with Gasteiger partial charge in [-0.25, -0.2) is 0 Å². The first-order chi connectivity index (χ1) is 8.69. The summed E-state index contributed by atoms with van der Waals surface area (Å²) in [6.45, 7) is 7.14. The summed E-state index contributed by atoms with van der Waals surface area (Å²) in [5, 5.41) is 1.35. The summed E-state index contributed by atoms with van der Waals surface area (Å²) in [6.07, 6.45) is 2.13. The normalized spacial score (nSPS) is 13.4. The summed E-state index contributed by atoms with van der Waals surface area (Å²) in [5.41, 5.74) is 8.38. The van der Waals surface area contributed by atoms with Gasteiger partial charge in [-0.1, -0.05) is 19.1 Å². The van der Waals surface area contributed by atoms with Crippen molar-refractivity contribution < 1.29 is 0 Å².